The number of primary amides is 1. The molecule has 0 unspecified atom stereocenters. The molecule has 0 radical (unpaired) electrons. The SMILES string of the molecule is NC(=O)CCCn1cccn1. The number of nitrogens with two attached hydrogens (primary N) is 1. The van der Waals surface area contributed by atoms with E-state index in [-0.39, 0.29) is 5.91 Å². The Hall–Kier alpha value is -1.32. The third kappa shape index (κ3) is 2.84. The molecule has 0 aromatic carbocycles. The summed E-state index contributed by atoms with van der Waals surface area (Å²) in [6.45, 7) is 0.760. The summed E-state index contributed by atoms with van der Waals surface area (Å²) in [4.78, 5) is 10.3. The third-order valence-electron chi connectivity index (χ3n) is 1.37. The standard InChI is InChI=1S/C7H11N3O/c8-7(11)3-1-5-10-6-2-4-9-10/h2,4,6H,1,3,5H2,(H2,8,11). The highest BCUT2D eigenvalue weighted by Gasteiger charge is 1.94. The van der Waals surface area contributed by atoms with Crippen LogP contribution < -0.4 is 5.73 Å². The van der Waals surface area contributed by atoms with Crippen LogP contribution in [0.15, 0.2) is 18.5 Å². The Labute approximate surface area is 65.0 Å². The number of rotatable bonds is 4. The van der Waals surface area contributed by atoms with Gasteiger partial charge in [-0.25, -0.2) is 0 Å². The normalized spacial score (nSPS) is 9.82. The van der Waals surface area contributed by atoms with Gasteiger partial charge < -0.3 is 5.73 Å². The quantitative estimate of drug-likeness (QED) is 0.669. The van der Waals surface area contributed by atoms with Crippen LogP contribution in [-0.4, -0.2) is 15.7 Å². The lowest BCUT2D eigenvalue weighted by Crippen LogP contribution is -2.11. The predicted molar refractivity (Wildman–Crippen MR) is 40.7 cm³/mol. The summed E-state index contributed by atoms with van der Waals surface area (Å²) in [6.07, 6.45) is 4.77. The second kappa shape index (κ2) is 3.75. The fourth-order valence-corrected chi connectivity index (χ4v) is 0.848. The second-order valence-electron chi connectivity index (χ2n) is 2.34. The van der Waals surface area contributed by atoms with Crippen molar-refractivity contribution in [3.63, 3.8) is 0 Å². The maximum Gasteiger partial charge on any atom is 0.217 e. The van der Waals surface area contributed by atoms with Gasteiger partial charge in [0.1, 0.15) is 0 Å². The van der Waals surface area contributed by atoms with Crippen molar-refractivity contribution in [1.82, 2.24) is 9.78 Å². The summed E-state index contributed by atoms with van der Waals surface area (Å²) in [5.74, 6) is -0.253. The minimum atomic E-state index is -0.253. The van der Waals surface area contributed by atoms with E-state index in [9.17, 15) is 4.79 Å². The lowest BCUT2D eigenvalue weighted by atomic mass is 10.3. The number of nitrogens with zero attached hydrogens (tertiary/aromatic N) is 2. The van der Waals surface area contributed by atoms with Crippen molar-refractivity contribution in [2.24, 2.45) is 5.73 Å². The average Bonchev–Trinajstić information content (AvgIpc) is 2.39. The highest BCUT2D eigenvalue weighted by atomic mass is 16.1. The summed E-state index contributed by atoms with van der Waals surface area (Å²) in [5, 5.41) is 3.98. The summed E-state index contributed by atoms with van der Waals surface area (Å²) in [7, 11) is 0. The van der Waals surface area contributed by atoms with Crippen molar-refractivity contribution in [3.05, 3.63) is 18.5 Å². The van der Waals surface area contributed by atoms with E-state index in [1.54, 1.807) is 10.9 Å². The first-order valence-electron chi connectivity index (χ1n) is 3.55. The van der Waals surface area contributed by atoms with Crippen LogP contribution in [0.5, 0.6) is 0 Å². The zero-order valence-corrected chi connectivity index (χ0v) is 6.23. The van der Waals surface area contributed by atoms with Crippen LogP contribution in [0, 0.1) is 0 Å². The van der Waals surface area contributed by atoms with Crippen LogP contribution in [0.1, 0.15) is 12.8 Å². The molecule has 1 aromatic rings. The van der Waals surface area contributed by atoms with Crippen molar-refractivity contribution >= 4 is 5.91 Å². The van der Waals surface area contributed by atoms with Gasteiger partial charge in [-0.3, -0.25) is 9.48 Å². The Morgan fingerprint density at radius 2 is 2.45 bits per heavy atom. The van der Waals surface area contributed by atoms with Gasteiger partial charge in [0.25, 0.3) is 0 Å². The van der Waals surface area contributed by atoms with Crippen molar-refractivity contribution in [2.75, 3.05) is 0 Å². The van der Waals surface area contributed by atoms with Crippen LogP contribution >= 0.6 is 0 Å². The highest BCUT2D eigenvalue weighted by Crippen LogP contribution is 1.92. The first kappa shape index (κ1) is 7.78. The fourth-order valence-electron chi connectivity index (χ4n) is 0.848. The van der Waals surface area contributed by atoms with Crippen LogP contribution in [-0.2, 0) is 11.3 Å². The van der Waals surface area contributed by atoms with Crippen LogP contribution in [0.4, 0.5) is 0 Å². The molecule has 0 saturated carbocycles. The van der Waals surface area contributed by atoms with E-state index < -0.39 is 0 Å². The number of amides is 1. The smallest absolute Gasteiger partial charge is 0.217 e. The Morgan fingerprint density at radius 3 is 3.00 bits per heavy atom. The van der Waals surface area contributed by atoms with Gasteiger partial charge in [0.05, 0.1) is 0 Å². The minimum Gasteiger partial charge on any atom is -0.370 e. The number of hydrogen-bond donors (Lipinski definition) is 1. The molecular formula is C7H11N3O. The van der Waals surface area contributed by atoms with E-state index in [2.05, 4.69) is 5.10 Å². The largest absolute Gasteiger partial charge is 0.370 e. The zero-order chi connectivity index (χ0) is 8.10. The molecule has 0 atom stereocenters. The van der Waals surface area contributed by atoms with Crippen LogP contribution in [0.3, 0.4) is 0 Å². The van der Waals surface area contributed by atoms with Crippen molar-refractivity contribution in [3.8, 4) is 0 Å². The van der Waals surface area contributed by atoms with E-state index in [0.29, 0.717) is 6.42 Å². The van der Waals surface area contributed by atoms with E-state index in [1.165, 1.54) is 0 Å². The monoisotopic (exact) mass is 153 g/mol. The van der Waals surface area contributed by atoms with Crippen LogP contribution in [0.2, 0.25) is 0 Å². The van der Waals surface area contributed by atoms with E-state index in [4.69, 9.17) is 5.73 Å². The molecule has 1 amide bonds. The lowest BCUT2D eigenvalue weighted by molar-refractivity contribution is -0.118. The molecule has 0 aliphatic rings. The lowest BCUT2D eigenvalue weighted by Gasteiger charge is -1.97. The molecule has 0 spiro atoms. The molecule has 0 bridgehead atoms. The molecule has 2 N–H and O–H groups in total. The highest BCUT2D eigenvalue weighted by molar-refractivity contribution is 5.73. The molecule has 0 fully saturated rings. The summed E-state index contributed by atoms with van der Waals surface area (Å²) >= 11 is 0. The molecule has 0 aliphatic heterocycles. The van der Waals surface area contributed by atoms with Crippen LogP contribution in [0.25, 0.3) is 0 Å². The van der Waals surface area contributed by atoms with Gasteiger partial charge in [-0.15, -0.1) is 0 Å². The molecule has 0 saturated heterocycles. The Morgan fingerprint density at radius 1 is 1.64 bits per heavy atom. The molecule has 1 heterocycles. The van der Waals surface area contributed by atoms with Crippen molar-refractivity contribution < 1.29 is 4.79 Å². The van der Waals surface area contributed by atoms with Gasteiger partial charge in [0.15, 0.2) is 0 Å². The molecule has 4 heteroatoms. The maximum absolute atomic E-state index is 10.3. The Bertz CT molecular complexity index is 218. The third-order valence-corrected chi connectivity index (χ3v) is 1.37. The molecule has 1 rings (SSSR count). The second-order valence-corrected chi connectivity index (χ2v) is 2.34. The Balaban J connectivity index is 2.19. The molecule has 4 nitrogen and oxygen atoms in total. The first-order chi connectivity index (χ1) is 5.29. The topological polar surface area (TPSA) is 60.9 Å². The number of hydrogen-bond acceptors (Lipinski definition) is 2. The van der Waals surface area contributed by atoms with E-state index >= 15 is 0 Å². The maximum atomic E-state index is 10.3. The number of carbonyl (C=O) groups excluding carboxylic acids is 1. The summed E-state index contributed by atoms with van der Waals surface area (Å²) in [6, 6.07) is 1.85. The zero-order valence-electron chi connectivity index (χ0n) is 6.23. The van der Waals surface area contributed by atoms with Gasteiger partial charge in [0.2, 0.25) is 5.91 Å². The van der Waals surface area contributed by atoms with Gasteiger partial charge >= 0.3 is 0 Å². The van der Waals surface area contributed by atoms with E-state index in [0.717, 1.165) is 13.0 Å². The van der Waals surface area contributed by atoms with E-state index in [1.807, 2.05) is 12.3 Å². The summed E-state index contributed by atoms with van der Waals surface area (Å²) < 4.78 is 1.78. The number of aryl methyl sites for hydroxylation is 1. The average molecular weight is 153 g/mol. The van der Waals surface area contributed by atoms with Gasteiger partial charge in [-0.05, 0) is 12.5 Å². The first-order valence-corrected chi connectivity index (χ1v) is 3.55. The van der Waals surface area contributed by atoms with Crippen molar-refractivity contribution in [1.29, 1.82) is 0 Å². The fraction of sp³-hybridized carbons (Fsp3) is 0.429. The summed E-state index contributed by atoms with van der Waals surface area (Å²) in [5.41, 5.74) is 4.96. The minimum absolute atomic E-state index is 0.253. The Kier molecular flexibility index (Phi) is 2.66. The molecule has 11 heavy (non-hydrogen) atoms. The number of carbonyl (C=O) groups is 1. The predicted octanol–water partition coefficient (Wildman–Crippen LogP) is 0.149. The number of aromatic nitrogens is 2. The molecule has 60 valence electrons. The van der Waals surface area contributed by atoms with Crippen molar-refractivity contribution in [2.45, 2.75) is 19.4 Å². The molecule has 1 aromatic heterocycles. The molecular weight excluding hydrogens is 142 g/mol. The van der Waals surface area contributed by atoms with Gasteiger partial charge in [-0.1, -0.05) is 0 Å². The van der Waals surface area contributed by atoms with Gasteiger partial charge in [0, 0.05) is 25.4 Å². The van der Waals surface area contributed by atoms with Gasteiger partial charge in [-0.2, -0.15) is 5.10 Å². The molecule has 0 aliphatic carbocycles.